The van der Waals surface area contributed by atoms with E-state index >= 15 is 0 Å². The standard InChI is InChI=1S/C20H21BrN2O3/c1-3-26-20(25)18(23-22-17-10-5-4-6-11-17)12-14(2)19(24)15-8-7-9-16(21)13-15/h4-11,13,19,22,24H,2-3,12H2,1H3/b23-18+. The molecular weight excluding hydrogens is 396 g/mol. The minimum atomic E-state index is -0.913. The van der Waals surface area contributed by atoms with E-state index in [1.165, 1.54) is 0 Å². The van der Waals surface area contributed by atoms with E-state index in [1.807, 2.05) is 42.5 Å². The van der Waals surface area contributed by atoms with Crippen molar-refractivity contribution in [1.82, 2.24) is 0 Å². The van der Waals surface area contributed by atoms with Crippen molar-refractivity contribution in [3.63, 3.8) is 0 Å². The van der Waals surface area contributed by atoms with Crippen molar-refractivity contribution in [2.45, 2.75) is 19.4 Å². The molecule has 0 saturated carbocycles. The summed E-state index contributed by atoms with van der Waals surface area (Å²) in [4.78, 5) is 12.2. The Kier molecular flexibility index (Phi) is 7.56. The number of carbonyl (C=O) groups excluding carboxylic acids is 1. The molecule has 0 aliphatic carbocycles. The lowest BCUT2D eigenvalue weighted by Crippen LogP contribution is -2.21. The fourth-order valence-electron chi connectivity index (χ4n) is 2.24. The summed E-state index contributed by atoms with van der Waals surface area (Å²) < 4.78 is 5.91. The number of nitrogens with one attached hydrogen (secondary N) is 1. The Hall–Kier alpha value is -2.44. The number of hydrogen-bond acceptors (Lipinski definition) is 5. The van der Waals surface area contributed by atoms with E-state index in [9.17, 15) is 9.90 Å². The van der Waals surface area contributed by atoms with E-state index in [0.717, 1.165) is 10.2 Å². The van der Waals surface area contributed by atoms with Gasteiger partial charge >= 0.3 is 5.97 Å². The van der Waals surface area contributed by atoms with E-state index in [1.54, 1.807) is 19.1 Å². The number of para-hydroxylation sites is 1. The zero-order valence-corrected chi connectivity index (χ0v) is 16.1. The highest BCUT2D eigenvalue weighted by atomic mass is 79.9. The van der Waals surface area contributed by atoms with Gasteiger partial charge in [0, 0.05) is 10.9 Å². The van der Waals surface area contributed by atoms with Gasteiger partial charge in [0.25, 0.3) is 0 Å². The second-order valence-electron chi connectivity index (χ2n) is 5.55. The van der Waals surface area contributed by atoms with Gasteiger partial charge in [-0.2, -0.15) is 5.10 Å². The third kappa shape index (κ3) is 5.82. The molecule has 0 amide bonds. The summed E-state index contributed by atoms with van der Waals surface area (Å²) in [7, 11) is 0. The molecule has 0 aliphatic heterocycles. The number of esters is 1. The molecule has 0 bridgehead atoms. The summed E-state index contributed by atoms with van der Waals surface area (Å²) in [6.45, 7) is 5.88. The second kappa shape index (κ2) is 9.89. The van der Waals surface area contributed by atoms with E-state index in [0.29, 0.717) is 11.1 Å². The molecule has 1 unspecified atom stereocenters. The van der Waals surface area contributed by atoms with Gasteiger partial charge in [-0.05, 0) is 42.3 Å². The van der Waals surface area contributed by atoms with E-state index < -0.39 is 12.1 Å². The number of ether oxygens (including phenoxy) is 1. The Morgan fingerprint density at radius 1 is 1.27 bits per heavy atom. The highest BCUT2D eigenvalue weighted by molar-refractivity contribution is 9.10. The van der Waals surface area contributed by atoms with Crippen LogP contribution in [0.3, 0.4) is 0 Å². The van der Waals surface area contributed by atoms with Gasteiger partial charge in [-0.3, -0.25) is 5.43 Å². The van der Waals surface area contributed by atoms with Gasteiger partial charge in [-0.25, -0.2) is 4.79 Å². The molecule has 2 rings (SSSR count). The molecule has 0 aliphatic rings. The largest absolute Gasteiger partial charge is 0.461 e. The molecule has 136 valence electrons. The van der Waals surface area contributed by atoms with Gasteiger partial charge < -0.3 is 9.84 Å². The molecule has 0 saturated heterocycles. The number of hydrogen-bond donors (Lipinski definition) is 2. The van der Waals surface area contributed by atoms with Crippen molar-refractivity contribution >= 4 is 33.3 Å². The molecule has 0 heterocycles. The molecule has 26 heavy (non-hydrogen) atoms. The third-order valence-electron chi connectivity index (χ3n) is 3.55. The van der Waals surface area contributed by atoms with Crippen LogP contribution in [0, 0.1) is 0 Å². The lowest BCUT2D eigenvalue weighted by Gasteiger charge is -2.15. The molecule has 2 N–H and O–H groups in total. The second-order valence-corrected chi connectivity index (χ2v) is 6.47. The van der Waals surface area contributed by atoms with E-state index in [-0.39, 0.29) is 18.7 Å². The fraction of sp³-hybridized carbons (Fsp3) is 0.200. The number of carbonyl (C=O) groups is 1. The maximum atomic E-state index is 12.2. The molecule has 0 spiro atoms. The predicted octanol–water partition coefficient (Wildman–Crippen LogP) is 4.46. The number of aliphatic hydroxyl groups excluding tert-OH is 1. The van der Waals surface area contributed by atoms with Gasteiger partial charge in [0.05, 0.1) is 12.3 Å². The van der Waals surface area contributed by atoms with Crippen LogP contribution in [-0.2, 0) is 9.53 Å². The Morgan fingerprint density at radius 2 is 2.00 bits per heavy atom. The maximum absolute atomic E-state index is 12.2. The summed E-state index contributed by atoms with van der Waals surface area (Å²) in [6.07, 6.45) is -0.823. The molecule has 1 atom stereocenters. The summed E-state index contributed by atoms with van der Waals surface area (Å²) in [6, 6.07) is 16.6. The summed E-state index contributed by atoms with van der Waals surface area (Å²) >= 11 is 3.38. The quantitative estimate of drug-likeness (QED) is 0.288. The Labute approximate surface area is 161 Å². The summed E-state index contributed by atoms with van der Waals surface area (Å²) in [5.41, 5.74) is 4.86. The number of aliphatic hydroxyl groups is 1. The molecular formula is C20H21BrN2O3. The van der Waals surface area contributed by atoms with Gasteiger partial charge in [-0.1, -0.05) is 52.8 Å². The zero-order chi connectivity index (χ0) is 18.9. The van der Waals surface area contributed by atoms with E-state index in [4.69, 9.17) is 4.74 Å². The first-order valence-electron chi connectivity index (χ1n) is 8.17. The molecule has 0 radical (unpaired) electrons. The summed E-state index contributed by atoms with van der Waals surface area (Å²) in [5, 5.41) is 14.7. The summed E-state index contributed by atoms with van der Waals surface area (Å²) in [5.74, 6) is -0.543. The van der Waals surface area contributed by atoms with Crippen LogP contribution >= 0.6 is 15.9 Å². The number of rotatable bonds is 8. The minimum Gasteiger partial charge on any atom is -0.461 e. The smallest absolute Gasteiger partial charge is 0.354 e. The SMILES string of the molecule is C=C(C/C(=N\Nc1ccccc1)C(=O)OCC)C(O)c1cccc(Br)c1. The number of nitrogens with zero attached hydrogens (tertiary/aromatic N) is 1. The van der Waals surface area contributed by atoms with Crippen molar-refractivity contribution in [2.75, 3.05) is 12.0 Å². The lowest BCUT2D eigenvalue weighted by atomic mass is 9.98. The normalized spacial score (nSPS) is 12.3. The van der Waals surface area contributed by atoms with Crippen LogP contribution in [0.1, 0.15) is 25.0 Å². The van der Waals surface area contributed by atoms with Crippen molar-refractivity contribution in [3.8, 4) is 0 Å². The van der Waals surface area contributed by atoms with Gasteiger partial charge in [0.15, 0.2) is 0 Å². The Morgan fingerprint density at radius 3 is 2.65 bits per heavy atom. The Bertz CT molecular complexity index is 791. The van der Waals surface area contributed by atoms with Crippen LogP contribution in [0.4, 0.5) is 5.69 Å². The van der Waals surface area contributed by atoms with Gasteiger partial charge in [-0.15, -0.1) is 0 Å². The zero-order valence-electron chi connectivity index (χ0n) is 14.5. The number of benzene rings is 2. The monoisotopic (exact) mass is 416 g/mol. The minimum absolute atomic E-state index is 0.0896. The van der Waals surface area contributed by atoms with Crippen molar-refractivity contribution < 1.29 is 14.6 Å². The van der Waals surface area contributed by atoms with Gasteiger partial charge in [0.2, 0.25) is 0 Å². The molecule has 2 aromatic rings. The van der Waals surface area contributed by atoms with Gasteiger partial charge in [0.1, 0.15) is 11.8 Å². The average molecular weight is 417 g/mol. The number of halogens is 1. The number of anilines is 1. The first kappa shape index (κ1) is 19.9. The molecule has 0 fully saturated rings. The van der Waals surface area contributed by atoms with Crippen molar-refractivity contribution in [2.24, 2.45) is 5.10 Å². The molecule has 0 aromatic heterocycles. The van der Waals surface area contributed by atoms with Crippen LogP contribution in [0.15, 0.2) is 76.3 Å². The van der Waals surface area contributed by atoms with Crippen molar-refractivity contribution in [1.29, 1.82) is 0 Å². The van der Waals surface area contributed by atoms with Crippen molar-refractivity contribution in [3.05, 3.63) is 76.8 Å². The van der Waals surface area contributed by atoms with Crippen LogP contribution in [0.5, 0.6) is 0 Å². The van der Waals surface area contributed by atoms with Crippen LogP contribution < -0.4 is 5.43 Å². The Balaban J connectivity index is 2.14. The van der Waals surface area contributed by atoms with Crippen LogP contribution in [0.2, 0.25) is 0 Å². The van der Waals surface area contributed by atoms with Crippen LogP contribution in [-0.4, -0.2) is 23.4 Å². The molecule has 2 aromatic carbocycles. The average Bonchev–Trinajstić information content (AvgIpc) is 2.65. The highest BCUT2D eigenvalue weighted by Gasteiger charge is 2.19. The first-order valence-corrected chi connectivity index (χ1v) is 8.96. The maximum Gasteiger partial charge on any atom is 0.354 e. The van der Waals surface area contributed by atoms with Crippen LogP contribution in [0.25, 0.3) is 0 Å². The fourth-order valence-corrected chi connectivity index (χ4v) is 2.66. The molecule has 5 nitrogen and oxygen atoms in total. The number of hydrazone groups is 1. The lowest BCUT2D eigenvalue weighted by molar-refractivity contribution is -0.135. The molecule has 6 heteroatoms. The highest BCUT2D eigenvalue weighted by Crippen LogP contribution is 2.25. The first-order chi connectivity index (χ1) is 12.5. The third-order valence-corrected chi connectivity index (χ3v) is 4.04. The predicted molar refractivity (Wildman–Crippen MR) is 107 cm³/mol. The topological polar surface area (TPSA) is 70.9 Å². The van der Waals surface area contributed by atoms with E-state index in [2.05, 4.69) is 33.0 Å².